The largest absolute Gasteiger partial charge is 0.497 e. The molecule has 0 bridgehead atoms. The molecule has 25 heavy (non-hydrogen) atoms. The number of pyridine rings is 1. The van der Waals surface area contributed by atoms with Crippen molar-refractivity contribution in [1.29, 1.82) is 0 Å². The summed E-state index contributed by atoms with van der Waals surface area (Å²) in [4.78, 5) is 27.2. The Hall–Kier alpha value is -2.80. The molecular formula is C17H19ClN2O5. The van der Waals surface area contributed by atoms with Crippen molar-refractivity contribution in [1.82, 2.24) is 10.3 Å². The molecule has 8 heteroatoms. The van der Waals surface area contributed by atoms with E-state index in [-0.39, 0.29) is 38.1 Å². The second-order valence-corrected chi connectivity index (χ2v) is 4.68. The number of hydrogen-bond acceptors (Lipinski definition) is 6. The topological polar surface area (TPSA) is 86.8 Å². The summed E-state index contributed by atoms with van der Waals surface area (Å²) in [6.45, 7) is 0.0641. The zero-order valence-corrected chi connectivity index (χ0v) is 14.5. The van der Waals surface area contributed by atoms with Gasteiger partial charge in [0, 0.05) is 24.0 Å². The molecule has 2 aromatic rings. The lowest BCUT2D eigenvalue weighted by Gasteiger charge is -2.09. The Balaban J connectivity index is 0.00000312. The third-order valence-electron chi connectivity index (χ3n) is 2.99. The molecule has 1 aromatic carbocycles. The molecule has 0 unspecified atom stereocenters. The summed E-state index contributed by atoms with van der Waals surface area (Å²) in [5, 5.41) is 2.64. The van der Waals surface area contributed by atoms with Gasteiger partial charge in [-0.2, -0.15) is 0 Å². The number of rotatable bonds is 8. The van der Waals surface area contributed by atoms with E-state index in [1.807, 2.05) is 0 Å². The van der Waals surface area contributed by atoms with Gasteiger partial charge >= 0.3 is 5.97 Å². The minimum atomic E-state index is -0.518. The summed E-state index contributed by atoms with van der Waals surface area (Å²) in [6, 6.07) is 10.1. The highest BCUT2D eigenvalue weighted by Gasteiger charge is 2.07. The van der Waals surface area contributed by atoms with Gasteiger partial charge in [0.1, 0.15) is 18.1 Å². The molecule has 134 valence electrons. The number of ether oxygens (including phenoxy) is 3. The lowest BCUT2D eigenvalue weighted by Crippen LogP contribution is -2.28. The van der Waals surface area contributed by atoms with Gasteiger partial charge in [-0.05, 0) is 24.3 Å². The van der Waals surface area contributed by atoms with Crippen molar-refractivity contribution >= 4 is 24.3 Å². The molecule has 1 amide bonds. The summed E-state index contributed by atoms with van der Waals surface area (Å²) >= 11 is 0. The van der Waals surface area contributed by atoms with E-state index < -0.39 is 5.97 Å². The van der Waals surface area contributed by atoms with Crippen LogP contribution in [0, 0.1) is 0 Å². The summed E-state index contributed by atoms with van der Waals surface area (Å²) in [7, 11) is 1.55. The number of nitrogens with zero attached hydrogens (tertiary/aromatic N) is 1. The average Bonchev–Trinajstić information content (AvgIpc) is 2.64. The predicted octanol–water partition coefficient (Wildman–Crippen LogP) is 1.86. The number of hydrogen-bond donors (Lipinski definition) is 1. The van der Waals surface area contributed by atoms with E-state index in [9.17, 15) is 9.59 Å². The zero-order valence-electron chi connectivity index (χ0n) is 13.6. The van der Waals surface area contributed by atoms with Crippen molar-refractivity contribution in [3.8, 4) is 11.5 Å². The number of benzene rings is 1. The Kier molecular flexibility index (Phi) is 8.81. The molecule has 7 nitrogen and oxygen atoms in total. The quantitative estimate of drug-likeness (QED) is 0.567. The molecule has 1 N–H and O–H groups in total. The van der Waals surface area contributed by atoms with Crippen LogP contribution in [0.4, 0.5) is 0 Å². The number of methoxy groups -OCH3 is 1. The number of aromatic nitrogens is 1. The first-order valence-electron chi connectivity index (χ1n) is 7.30. The van der Waals surface area contributed by atoms with E-state index in [1.165, 1.54) is 12.4 Å². The molecule has 0 fully saturated rings. The van der Waals surface area contributed by atoms with Crippen LogP contribution in [0.1, 0.15) is 10.4 Å². The van der Waals surface area contributed by atoms with Gasteiger partial charge in [-0.25, -0.2) is 4.79 Å². The summed E-state index contributed by atoms with van der Waals surface area (Å²) in [5.41, 5.74) is 0.498. The van der Waals surface area contributed by atoms with Crippen LogP contribution in [0.25, 0.3) is 0 Å². The number of halogens is 1. The third-order valence-corrected chi connectivity index (χ3v) is 2.99. The number of carbonyl (C=O) groups excluding carboxylic acids is 2. The first-order valence-corrected chi connectivity index (χ1v) is 7.30. The van der Waals surface area contributed by atoms with Crippen molar-refractivity contribution in [3.05, 3.63) is 54.4 Å². The van der Waals surface area contributed by atoms with Crippen LogP contribution in [0.2, 0.25) is 0 Å². The van der Waals surface area contributed by atoms with Crippen molar-refractivity contribution in [2.45, 2.75) is 0 Å². The maximum absolute atomic E-state index is 11.7. The molecule has 0 aliphatic rings. The van der Waals surface area contributed by atoms with E-state index in [0.29, 0.717) is 17.1 Å². The molecule has 0 radical (unpaired) electrons. The number of amides is 1. The van der Waals surface area contributed by atoms with E-state index in [2.05, 4.69) is 10.3 Å². The van der Waals surface area contributed by atoms with Crippen molar-refractivity contribution in [3.63, 3.8) is 0 Å². The molecule has 0 atom stereocenters. The second kappa shape index (κ2) is 10.9. The average molecular weight is 367 g/mol. The van der Waals surface area contributed by atoms with Crippen LogP contribution >= 0.6 is 12.4 Å². The third kappa shape index (κ3) is 7.09. The van der Waals surface area contributed by atoms with Crippen LogP contribution in [-0.2, 0) is 9.53 Å². The normalized spacial score (nSPS) is 9.48. The lowest BCUT2D eigenvalue weighted by atomic mass is 10.2. The summed E-state index contributed by atoms with van der Waals surface area (Å²) < 4.78 is 15.4. The van der Waals surface area contributed by atoms with E-state index >= 15 is 0 Å². The van der Waals surface area contributed by atoms with Crippen LogP contribution < -0.4 is 14.8 Å². The van der Waals surface area contributed by atoms with E-state index in [4.69, 9.17) is 14.2 Å². The molecular weight excluding hydrogens is 348 g/mol. The van der Waals surface area contributed by atoms with Crippen LogP contribution in [0.5, 0.6) is 11.5 Å². The van der Waals surface area contributed by atoms with Gasteiger partial charge < -0.3 is 19.5 Å². The molecule has 0 saturated heterocycles. The van der Waals surface area contributed by atoms with Crippen molar-refractivity contribution in [2.24, 2.45) is 0 Å². The van der Waals surface area contributed by atoms with Gasteiger partial charge in [0.15, 0.2) is 6.61 Å². The Morgan fingerprint density at radius 3 is 2.56 bits per heavy atom. The summed E-state index contributed by atoms with van der Waals surface area (Å²) in [5.74, 6) is 0.383. The molecule has 0 aliphatic heterocycles. The SMILES string of the molecule is COc1cccc(OCC(=O)OCCNC(=O)c2ccncc2)c1.Cl. The molecule has 1 heterocycles. The fourth-order valence-electron chi connectivity index (χ4n) is 1.81. The van der Waals surface area contributed by atoms with E-state index in [0.717, 1.165) is 0 Å². The first kappa shape index (κ1) is 20.2. The van der Waals surface area contributed by atoms with Crippen LogP contribution in [-0.4, -0.2) is 43.7 Å². The molecule has 1 aromatic heterocycles. The van der Waals surface area contributed by atoms with Crippen molar-refractivity contribution in [2.75, 3.05) is 26.9 Å². The molecule has 0 aliphatic carbocycles. The smallest absolute Gasteiger partial charge is 0.344 e. The zero-order chi connectivity index (χ0) is 17.2. The van der Waals surface area contributed by atoms with Crippen LogP contribution in [0.15, 0.2) is 48.8 Å². The number of nitrogens with one attached hydrogen (secondary N) is 1. The molecule has 2 rings (SSSR count). The minimum Gasteiger partial charge on any atom is -0.497 e. The Labute approximate surface area is 151 Å². The number of esters is 1. The maximum Gasteiger partial charge on any atom is 0.344 e. The highest BCUT2D eigenvalue weighted by atomic mass is 35.5. The van der Waals surface area contributed by atoms with Gasteiger partial charge in [0.05, 0.1) is 13.7 Å². The van der Waals surface area contributed by atoms with Gasteiger partial charge in [-0.1, -0.05) is 6.07 Å². The monoisotopic (exact) mass is 366 g/mol. The van der Waals surface area contributed by atoms with E-state index in [1.54, 1.807) is 43.5 Å². The fraction of sp³-hybridized carbons (Fsp3) is 0.235. The van der Waals surface area contributed by atoms with Gasteiger partial charge in [0.2, 0.25) is 0 Å². The minimum absolute atomic E-state index is 0. The second-order valence-electron chi connectivity index (χ2n) is 4.68. The predicted molar refractivity (Wildman–Crippen MR) is 93.3 cm³/mol. The Bertz CT molecular complexity index is 682. The lowest BCUT2D eigenvalue weighted by molar-refractivity contribution is -0.145. The molecule has 0 spiro atoms. The standard InChI is InChI=1S/C17H18N2O5.ClH/c1-22-14-3-2-4-15(11-14)24-12-16(20)23-10-9-19-17(21)13-5-7-18-8-6-13;/h2-8,11H,9-10,12H2,1H3,(H,19,21);1H. The van der Waals surface area contributed by atoms with Crippen LogP contribution in [0.3, 0.4) is 0 Å². The van der Waals surface area contributed by atoms with Crippen molar-refractivity contribution < 1.29 is 23.8 Å². The Morgan fingerprint density at radius 1 is 1.12 bits per heavy atom. The van der Waals surface area contributed by atoms with Gasteiger partial charge in [-0.15, -0.1) is 12.4 Å². The van der Waals surface area contributed by atoms with Gasteiger partial charge in [0.25, 0.3) is 5.91 Å². The summed E-state index contributed by atoms with van der Waals surface area (Å²) in [6.07, 6.45) is 3.07. The molecule has 0 saturated carbocycles. The fourth-order valence-corrected chi connectivity index (χ4v) is 1.81. The first-order chi connectivity index (χ1) is 11.7. The highest BCUT2D eigenvalue weighted by molar-refractivity contribution is 5.93. The Morgan fingerprint density at radius 2 is 1.84 bits per heavy atom. The maximum atomic E-state index is 11.7. The highest BCUT2D eigenvalue weighted by Crippen LogP contribution is 2.18. The number of carbonyl (C=O) groups is 2. The van der Waals surface area contributed by atoms with Gasteiger partial charge in [-0.3, -0.25) is 9.78 Å².